The molecule has 0 radical (unpaired) electrons. The highest BCUT2D eigenvalue weighted by Crippen LogP contribution is 2.25. The summed E-state index contributed by atoms with van der Waals surface area (Å²) in [5.74, 6) is 0. The molecule has 1 aromatic carbocycles. The van der Waals surface area contributed by atoms with Crippen LogP contribution in [0.2, 0.25) is 5.02 Å². The summed E-state index contributed by atoms with van der Waals surface area (Å²) in [6.45, 7) is 5.95. The number of benzene rings is 1. The van der Waals surface area contributed by atoms with E-state index in [1.165, 1.54) is 6.07 Å². The predicted octanol–water partition coefficient (Wildman–Crippen LogP) is 2.23. The third-order valence-electron chi connectivity index (χ3n) is 4.96. The van der Waals surface area contributed by atoms with E-state index in [1.807, 2.05) is 0 Å². The van der Waals surface area contributed by atoms with Crippen LogP contribution in [0.15, 0.2) is 29.2 Å². The van der Waals surface area contributed by atoms with Crippen LogP contribution in [0.4, 0.5) is 0 Å². The van der Waals surface area contributed by atoms with Crippen molar-refractivity contribution in [2.24, 2.45) is 0 Å². The molecular formula is C18H27ClN2O4S. The van der Waals surface area contributed by atoms with E-state index in [0.717, 1.165) is 52.1 Å². The molecule has 0 saturated carbocycles. The van der Waals surface area contributed by atoms with Crippen LogP contribution < -0.4 is 0 Å². The van der Waals surface area contributed by atoms with Gasteiger partial charge in [0.25, 0.3) is 0 Å². The third-order valence-corrected chi connectivity index (χ3v) is 7.14. The summed E-state index contributed by atoms with van der Waals surface area (Å²) in [6.07, 6.45) is 2.27. The lowest BCUT2D eigenvalue weighted by atomic mass is 10.1. The lowest BCUT2D eigenvalue weighted by molar-refractivity contribution is 0.0344. The van der Waals surface area contributed by atoms with Gasteiger partial charge in [-0.15, -0.1) is 0 Å². The first-order chi connectivity index (χ1) is 12.6. The van der Waals surface area contributed by atoms with E-state index in [1.54, 1.807) is 22.5 Å². The molecule has 0 amide bonds. The normalized spacial score (nSPS) is 20.5. The molecule has 2 fully saturated rings. The first-order valence-electron chi connectivity index (χ1n) is 9.22. The van der Waals surface area contributed by atoms with E-state index < -0.39 is 10.0 Å². The number of morpholine rings is 1. The van der Waals surface area contributed by atoms with Crippen molar-refractivity contribution in [3.05, 3.63) is 29.3 Å². The molecule has 0 aliphatic carbocycles. The highest BCUT2D eigenvalue weighted by molar-refractivity contribution is 7.89. The van der Waals surface area contributed by atoms with Crippen LogP contribution in [0.3, 0.4) is 0 Å². The van der Waals surface area contributed by atoms with Crippen LogP contribution in [0.25, 0.3) is 0 Å². The minimum atomic E-state index is -3.58. The molecule has 0 bridgehead atoms. The predicted molar refractivity (Wildman–Crippen MR) is 101 cm³/mol. The Morgan fingerprint density at radius 2 is 1.81 bits per heavy atom. The van der Waals surface area contributed by atoms with E-state index in [9.17, 15) is 8.42 Å². The Morgan fingerprint density at radius 1 is 1.12 bits per heavy atom. The van der Waals surface area contributed by atoms with Crippen LogP contribution in [0, 0.1) is 0 Å². The summed E-state index contributed by atoms with van der Waals surface area (Å²) >= 11 is 6.03. The van der Waals surface area contributed by atoms with Crippen LogP contribution in [0.5, 0.6) is 0 Å². The van der Waals surface area contributed by atoms with Crippen LogP contribution in [0.1, 0.15) is 19.3 Å². The van der Waals surface area contributed by atoms with Crippen molar-refractivity contribution in [2.45, 2.75) is 30.2 Å². The van der Waals surface area contributed by atoms with Crippen molar-refractivity contribution in [3.8, 4) is 0 Å². The van der Waals surface area contributed by atoms with E-state index in [-0.39, 0.29) is 10.9 Å². The van der Waals surface area contributed by atoms with Crippen LogP contribution >= 0.6 is 11.6 Å². The van der Waals surface area contributed by atoms with Crippen molar-refractivity contribution < 1.29 is 17.9 Å². The zero-order valence-corrected chi connectivity index (χ0v) is 16.6. The summed E-state index contributed by atoms with van der Waals surface area (Å²) in [5.41, 5.74) is 0. The fraction of sp³-hybridized carbons (Fsp3) is 0.667. The van der Waals surface area contributed by atoms with E-state index in [0.29, 0.717) is 24.8 Å². The van der Waals surface area contributed by atoms with Crippen LogP contribution in [-0.4, -0.2) is 76.3 Å². The van der Waals surface area contributed by atoms with Crippen molar-refractivity contribution in [1.29, 1.82) is 0 Å². The number of rotatable bonds is 7. The fourth-order valence-electron chi connectivity index (χ4n) is 3.51. The summed E-state index contributed by atoms with van der Waals surface area (Å²) in [5, 5.41) is 0.436. The molecule has 6 nitrogen and oxygen atoms in total. The Bertz CT molecular complexity index is 674. The van der Waals surface area contributed by atoms with Gasteiger partial charge in [0.1, 0.15) is 0 Å². The number of ether oxygens (including phenoxy) is 2. The second kappa shape index (κ2) is 9.48. The molecule has 2 saturated heterocycles. The summed E-state index contributed by atoms with van der Waals surface area (Å²) in [6, 6.07) is 6.52. The van der Waals surface area contributed by atoms with Crippen LogP contribution in [-0.2, 0) is 19.5 Å². The molecule has 0 atom stereocenters. The van der Waals surface area contributed by atoms with Gasteiger partial charge in [0, 0.05) is 43.9 Å². The average molecular weight is 403 g/mol. The fourth-order valence-corrected chi connectivity index (χ4v) is 5.53. The molecule has 2 heterocycles. The van der Waals surface area contributed by atoms with Gasteiger partial charge in [-0.1, -0.05) is 17.7 Å². The maximum Gasteiger partial charge on any atom is 0.243 e. The van der Waals surface area contributed by atoms with E-state index in [2.05, 4.69) is 4.90 Å². The lowest BCUT2D eigenvalue weighted by Crippen LogP contribution is -2.45. The highest BCUT2D eigenvalue weighted by Gasteiger charge is 2.32. The Morgan fingerprint density at radius 3 is 2.50 bits per heavy atom. The number of nitrogens with zero attached hydrogens (tertiary/aromatic N) is 2. The molecule has 1 aromatic rings. The molecule has 0 aromatic heterocycles. The zero-order valence-electron chi connectivity index (χ0n) is 15.0. The number of halogens is 1. The topological polar surface area (TPSA) is 59.1 Å². The second-order valence-electron chi connectivity index (χ2n) is 6.72. The Kier molecular flexibility index (Phi) is 7.31. The first-order valence-corrected chi connectivity index (χ1v) is 11.0. The lowest BCUT2D eigenvalue weighted by Gasteiger charge is -2.34. The summed E-state index contributed by atoms with van der Waals surface area (Å²) < 4.78 is 39.0. The zero-order chi connectivity index (χ0) is 18.4. The quantitative estimate of drug-likeness (QED) is 0.700. The molecular weight excluding hydrogens is 376 g/mol. The number of sulfonamides is 1. The standard InChI is InChI=1S/C18H27ClN2O4S/c19-16-3-1-4-18(15-16)26(22,23)21(17-5-11-24-12-6-17)8-2-7-20-9-13-25-14-10-20/h1,3-4,15,17H,2,5-14H2. The maximum absolute atomic E-state index is 13.3. The van der Waals surface area contributed by atoms with Crippen molar-refractivity contribution in [3.63, 3.8) is 0 Å². The molecule has 26 heavy (non-hydrogen) atoms. The molecule has 0 N–H and O–H groups in total. The van der Waals surface area contributed by atoms with Gasteiger partial charge in [0.15, 0.2) is 0 Å². The second-order valence-corrected chi connectivity index (χ2v) is 9.05. The van der Waals surface area contributed by atoms with Gasteiger partial charge in [0.05, 0.1) is 18.1 Å². The monoisotopic (exact) mass is 402 g/mol. The Balaban J connectivity index is 1.71. The van der Waals surface area contributed by atoms with Crippen molar-refractivity contribution >= 4 is 21.6 Å². The summed E-state index contributed by atoms with van der Waals surface area (Å²) in [4.78, 5) is 2.60. The molecule has 3 rings (SSSR count). The first kappa shape index (κ1) is 20.0. The van der Waals surface area contributed by atoms with Crippen molar-refractivity contribution in [2.75, 3.05) is 52.6 Å². The maximum atomic E-state index is 13.3. The third kappa shape index (κ3) is 5.18. The molecule has 2 aliphatic rings. The highest BCUT2D eigenvalue weighted by atomic mass is 35.5. The van der Waals surface area contributed by atoms with Gasteiger partial charge in [-0.2, -0.15) is 4.31 Å². The SMILES string of the molecule is O=S(=O)(c1cccc(Cl)c1)N(CCCN1CCOCC1)C1CCOCC1. The Labute approximate surface area is 161 Å². The smallest absolute Gasteiger partial charge is 0.243 e. The molecule has 146 valence electrons. The largest absolute Gasteiger partial charge is 0.381 e. The average Bonchev–Trinajstić information content (AvgIpc) is 2.66. The van der Waals surface area contributed by atoms with E-state index >= 15 is 0 Å². The molecule has 0 unspecified atom stereocenters. The minimum Gasteiger partial charge on any atom is -0.381 e. The summed E-state index contributed by atoms with van der Waals surface area (Å²) in [7, 11) is -3.58. The number of hydrogen-bond acceptors (Lipinski definition) is 5. The van der Waals surface area contributed by atoms with Gasteiger partial charge >= 0.3 is 0 Å². The van der Waals surface area contributed by atoms with Gasteiger partial charge in [-0.05, 0) is 44.0 Å². The molecule has 0 spiro atoms. The van der Waals surface area contributed by atoms with Gasteiger partial charge < -0.3 is 9.47 Å². The van der Waals surface area contributed by atoms with Gasteiger partial charge in [0.2, 0.25) is 10.0 Å². The number of hydrogen-bond donors (Lipinski definition) is 0. The van der Waals surface area contributed by atoms with Crippen molar-refractivity contribution in [1.82, 2.24) is 9.21 Å². The molecule has 8 heteroatoms. The van der Waals surface area contributed by atoms with E-state index in [4.69, 9.17) is 21.1 Å². The minimum absolute atomic E-state index is 0.0163. The Hall–Kier alpha value is -0.700. The van der Waals surface area contributed by atoms with Gasteiger partial charge in [-0.25, -0.2) is 8.42 Å². The van der Waals surface area contributed by atoms with Gasteiger partial charge in [-0.3, -0.25) is 4.90 Å². The molecule has 2 aliphatic heterocycles.